The maximum Gasteiger partial charge on any atom is 0.338 e. The van der Waals surface area contributed by atoms with Crippen molar-refractivity contribution in [3.63, 3.8) is 0 Å². The molecule has 2 aromatic carbocycles. The van der Waals surface area contributed by atoms with Crippen LogP contribution in [0.4, 0.5) is 5.69 Å². The number of anilines is 1. The predicted molar refractivity (Wildman–Crippen MR) is 116 cm³/mol. The fraction of sp³-hybridized carbons (Fsp3) is 0.417. The lowest BCUT2D eigenvalue weighted by atomic mass is 10.1. The predicted octanol–water partition coefficient (Wildman–Crippen LogP) is 5.85. The lowest BCUT2D eigenvalue weighted by molar-refractivity contribution is 0.0499. The lowest BCUT2D eigenvalue weighted by Gasteiger charge is -2.09. The molecule has 1 N–H and O–H groups in total. The van der Waals surface area contributed by atoms with Crippen LogP contribution >= 0.6 is 0 Å². The minimum Gasteiger partial charge on any atom is -0.494 e. The van der Waals surface area contributed by atoms with Gasteiger partial charge in [-0.05, 0) is 55.3 Å². The van der Waals surface area contributed by atoms with Crippen molar-refractivity contribution >= 4 is 17.6 Å². The van der Waals surface area contributed by atoms with Crippen molar-refractivity contribution in [3.05, 3.63) is 59.7 Å². The molecule has 0 spiro atoms. The van der Waals surface area contributed by atoms with Gasteiger partial charge in [0.25, 0.3) is 5.91 Å². The molecule has 1 amide bonds. The molecule has 0 radical (unpaired) electrons. The Bertz CT molecular complexity index is 771. The molecule has 0 bridgehead atoms. The van der Waals surface area contributed by atoms with E-state index in [4.69, 9.17) is 9.47 Å². The first-order valence-corrected chi connectivity index (χ1v) is 10.5. The molecule has 2 rings (SSSR count). The number of carbonyl (C=O) groups excluding carboxylic acids is 2. The van der Waals surface area contributed by atoms with Crippen LogP contribution in [-0.2, 0) is 4.74 Å². The van der Waals surface area contributed by atoms with Gasteiger partial charge in [0, 0.05) is 11.3 Å². The van der Waals surface area contributed by atoms with Crippen LogP contribution in [0.3, 0.4) is 0 Å². The van der Waals surface area contributed by atoms with Gasteiger partial charge < -0.3 is 14.8 Å². The van der Waals surface area contributed by atoms with Crippen molar-refractivity contribution in [2.75, 3.05) is 18.5 Å². The first-order chi connectivity index (χ1) is 14.1. The summed E-state index contributed by atoms with van der Waals surface area (Å²) in [6, 6.07) is 13.8. The van der Waals surface area contributed by atoms with E-state index in [0.29, 0.717) is 30.0 Å². The van der Waals surface area contributed by atoms with Gasteiger partial charge >= 0.3 is 5.97 Å². The summed E-state index contributed by atoms with van der Waals surface area (Å²) in [6.07, 6.45) is 6.43. The van der Waals surface area contributed by atoms with Crippen LogP contribution in [0.2, 0.25) is 0 Å². The summed E-state index contributed by atoms with van der Waals surface area (Å²) in [5.41, 5.74) is 1.50. The third-order valence-corrected chi connectivity index (χ3v) is 4.47. The van der Waals surface area contributed by atoms with Gasteiger partial charge in [0.2, 0.25) is 0 Å². The molecular formula is C24H31NO4. The summed E-state index contributed by atoms with van der Waals surface area (Å²) in [6.45, 7) is 5.31. The summed E-state index contributed by atoms with van der Waals surface area (Å²) in [4.78, 5) is 24.5. The fourth-order valence-electron chi connectivity index (χ4n) is 2.74. The molecule has 5 nitrogen and oxygen atoms in total. The Kier molecular flexibility index (Phi) is 9.76. The minimum absolute atomic E-state index is 0.240. The van der Waals surface area contributed by atoms with Crippen molar-refractivity contribution in [3.8, 4) is 5.75 Å². The zero-order chi connectivity index (χ0) is 20.9. The van der Waals surface area contributed by atoms with Gasteiger partial charge in [-0.15, -0.1) is 0 Å². The van der Waals surface area contributed by atoms with E-state index in [1.54, 1.807) is 48.5 Å². The second-order valence-corrected chi connectivity index (χ2v) is 6.96. The summed E-state index contributed by atoms with van der Waals surface area (Å²) in [5, 5.41) is 2.82. The highest BCUT2D eigenvalue weighted by molar-refractivity contribution is 6.04. The van der Waals surface area contributed by atoms with Gasteiger partial charge in [0.15, 0.2) is 0 Å². The molecule has 0 aliphatic rings. The highest BCUT2D eigenvalue weighted by atomic mass is 16.5. The van der Waals surface area contributed by atoms with Crippen molar-refractivity contribution in [2.24, 2.45) is 0 Å². The first kappa shape index (κ1) is 22.5. The minimum atomic E-state index is -0.380. The van der Waals surface area contributed by atoms with Crippen molar-refractivity contribution in [2.45, 2.75) is 52.4 Å². The molecule has 156 valence electrons. The molecule has 5 heteroatoms. The molecule has 0 saturated carbocycles. The molecule has 29 heavy (non-hydrogen) atoms. The standard InChI is InChI=1S/C24H31NO4/c1-3-5-7-8-17-28-22-14-12-19(13-15-22)23(26)25-21-11-9-10-20(18-21)24(27)29-16-6-4-2/h9-15,18H,3-8,16-17H2,1-2H3,(H,25,26). The van der Waals surface area contributed by atoms with Crippen LogP contribution in [0.1, 0.15) is 73.1 Å². The molecular weight excluding hydrogens is 366 g/mol. The number of amides is 1. The number of hydrogen-bond donors (Lipinski definition) is 1. The third kappa shape index (κ3) is 7.98. The normalized spacial score (nSPS) is 10.4. The van der Waals surface area contributed by atoms with E-state index in [2.05, 4.69) is 12.2 Å². The maximum atomic E-state index is 12.5. The molecule has 2 aromatic rings. The SMILES string of the molecule is CCCCCCOc1ccc(C(=O)Nc2cccc(C(=O)OCCCC)c2)cc1. The van der Waals surface area contributed by atoms with Gasteiger partial charge in [-0.3, -0.25) is 4.79 Å². The zero-order valence-electron chi connectivity index (χ0n) is 17.4. The van der Waals surface area contributed by atoms with Crippen molar-refractivity contribution in [1.82, 2.24) is 0 Å². The highest BCUT2D eigenvalue weighted by Gasteiger charge is 2.10. The Labute approximate surface area is 173 Å². The largest absolute Gasteiger partial charge is 0.494 e. The molecule has 0 heterocycles. The monoisotopic (exact) mass is 397 g/mol. The number of carbonyl (C=O) groups is 2. The van der Waals surface area contributed by atoms with E-state index < -0.39 is 0 Å². The topological polar surface area (TPSA) is 64.6 Å². The lowest BCUT2D eigenvalue weighted by Crippen LogP contribution is -2.13. The van der Waals surface area contributed by atoms with Crippen LogP contribution in [0.5, 0.6) is 5.75 Å². The van der Waals surface area contributed by atoms with Crippen LogP contribution in [0.25, 0.3) is 0 Å². The van der Waals surface area contributed by atoms with Gasteiger partial charge in [-0.25, -0.2) is 4.79 Å². The first-order valence-electron chi connectivity index (χ1n) is 10.5. The Balaban J connectivity index is 1.88. The number of unbranched alkanes of at least 4 members (excludes halogenated alkanes) is 4. The van der Waals surface area contributed by atoms with Gasteiger partial charge in [-0.2, -0.15) is 0 Å². The Morgan fingerprint density at radius 1 is 0.828 bits per heavy atom. The average Bonchev–Trinajstić information content (AvgIpc) is 2.74. The number of ether oxygens (including phenoxy) is 2. The fourth-order valence-corrected chi connectivity index (χ4v) is 2.74. The van der Waals surface area contributed by atoms with E-state index in [-0.39, 0.29) is 11.9 Å². The summed E-state index contributed by atoms with van der Waals surface area (Å²) in [7, 11) is 0. The molecule has 0 aliphatic heterocycles. The molecule has 0 aliphatic carbocycles. The third-order valence-electron chi connectivity index (χ3n) is 4.47. The summed E-state index contributed by atoms with van der Waals surface area (Å²) in [5.74, 6) is 0.140. The maximum absolute atomic E-state index is 12.5. The van der Waals surface area contributed by atoms with E-state index in [1.807, 2.05) is 6.92 Å². The highest BCUT2D eigenvalue weighted by Crippen LogP contribution is 2.16. The molecule has 0 unspecified atom stereocenters. The molecule has 0 aromatic heterocycles. The van der Waals surface area contributed by atoms with Crippen LogP contribution in [-0.4, -0.2) is 25.1 Å². The van der Waals surface area contributed by atoms with E-state index >= 15 is 0 Å². The summed E-state index contributed by atoms with van der Waals surface area (Å²) >= 11 is 0. The number of esters is 1. The number of hydrogen-bond acceptors (Lipinski definition) is 4. The molecule has 0 atom stereocenters. The van der Waals surface area contributed by atoms with Crippen LogP contribution in [0, 0.1) is 0 Å². The number of rotatable bonds is 12. The Hall–Kier alpha value is -2.82. The molecule has 0 saturated heterocycles. The Morgan fingerprint density at radius 2 is 1.59 bits per heavy atom. The van der Waals surface area contributed by atoms with Crippen LogP contribution < -0.4 is 10.1 Å². The van der Waals surface area contributed by atoms with Gasteiger partial charge in [0.1, 0.15) is 5.75 Å². The number of nitrogens with one attached hydrogen (secondary N) is 1. The number of benzene rings is 2. The average molecular weight is 398 g/mol. The van der Waals surface area contributed by atoms with Gasteiger partial charge in [0.05, 0.1) is 18.8 Å². The summed E-state index contributed by atoms with van der Waals surface area (Å²) < 4.78 is 10.9. The smallest absolute Gasteiger partial charge is 0.338 e. The van der Waals surface area contributed by atoms with E-state index in [0.717, 1.165) is 25.0 Å². The second-order valence-electron chi connectivity index (χ2n) is 6.96. The van der Waals surface area contributed by atoms with Crippen molar-refractivity contribution in [1.29, 1.82) is 0 Å². The molecule has 0 fully saturated rings. The van der Waals surface area contributed by atoms with E-state index in [1.165, 1.54) is 19.3 Å². The second kappa shape index (κ2) is 12.6. The Morgan fingerprint density at radius 3 is 2.31 bits per heavy atom. The van der Waals surface area contributed by atoms with E-state index in [9.17, 15) is 9.59 Å². The van der Waals surface area contributed by atoms with Gasteiger partial charge in [-0.1, -0.05) is 45.6 Å². The van der Waals surface area contributed by atoms with Crippen molar-refractivity contribution < 1.29 is 19.1 Å². The quantitative estimate of drug-likeness (QED) is 0.360. The zero-order valence-corrected chi connectivity index (χ0v) is 17.4. The van der Waals surface area contributed by atoms with Crippen LogP contribution in [0.15, 0.2) is 48.5 Å².